The minimum Gasteiger partial charge on any atom is -0.454 e. The van der Waals surface area contributed by atoms with Crippen LogP contribution in [0.5, 0.6) is 11.5 Å². The molecule has 10 nitrogen and oxygen atoms in total. The first-order valence-corrected chi connectivity index (χ1v) is 9.85. The number of rotatable bonds is 5. The molecule has 0 unspecified atom stereocenters. The summed E-state index contributed by atoms with van der Waals surface area (Å²) in [4.78, 5) is 19.6. The zero-order valence-corrected chi connectivity index (χ0v) is 16.2. The average Bonchev–Trinajstić information content (AvgIpc) is 3.35. The van der Waals surface area contributed by atoms with Crippen LogP contribution in [0.2, 0.25) is 0 Å². The first-order chi connectivity index (χ1) is 13.6. The maximum atomic E-state index is 12.0. The van der Waals surface area contributed by atoms with Crippen LogP contribution in [-0.4, -0.2) is 42.6 Å². The Hall–Kier alpha value is -2.91. The molecule has 4 atom stereocenters. The van der Waals surface area contributed by atoms with E-state index in [2.05, 4.69) is 25.6 Å². The molecule has 1 aromatic carbocycles. The molecule has 1 aromatic heterocycles. The van der Waals surface area contributed by atoms with Crippen LogP contribution in [0.3, 0.4) is 0 Å². The summed E-state index contributed by atoms with van der Waals surface area (Å²) in [6.45, 7) is 4.19. The van der Waals surface area contributed by atoms with Crippen molar-refractivity contribution in [1.29, 1.82) is 0 Å². The Bertz CT molecular complexity index is 943. The molecular formula is C17H20N6O4S. The van der Waals surface area contributed by atoms with Crippen LogP contribution in [-0.2, 0) is 4.74 Å². The molecule has 2 aromatic rings. The van der Waals surface area contributed by atoms with Crippen LogP contribution in [0.1, 0.15) is 20.3 Å². The molecule has 1 amide bonds. The molecule has 2 aliphatic rings. The maximum Gasteiger partial charge on any atom is 0.407 e. The number of anilines is 1. The van der Waals surface area contributed by atoms with Gasteiger partial charge in [-0.25, -0.2) is 9.78 Å². The number of hydrogen-bond donors (Lipinski definition) is 2. The van der Waals surface area contributed by atoms with Crippen molar-refractivity contribution in [2.75, 3.05) is 18.7 Å². The number of ether oxygens (including phenoxy) is 3. The lowest BCUT2D eigenvalue weighted by molar-refractivity contribution is 0.146. The molecule has 11 heteroatoms. The highest BCUT2D eigenvalue weighted by molar-refractivity contribution is 7.22. The van der Waals surface area contributed by atoms with Gasteiger partial charge in [0.25, 0.3) is 0 Å². The van der Waals surface area contributed by atoms with Crippen LogP contribution < -0.4 is 20.1 Å². The van der Waals surface area contributed by atoms with Crippen LogP contribution in [0, 0.1) is 5.92 Å². The van der Waals surface area contributed by atoms with Gasteiger partial charge in [0.1, 0.15) is 5.52 Å². The Labute approximate surface area is 164 Å². The highest BCUT2D eigenvalue weighted by atomic mass is 32.1. The number of hydrogen-bond acceptors (Lipinski definition) is 8. The van der Waals surface area contributed by atoms with Gasteiger partial charge in [-0.05, 0) is 36.9 Å². The number of thiazole rings is 1. The van der Waals surface area contributed by atoms with Gasteiger partial charge in [-0.1, -0.05) is 23.4 Å². The van der Waals surface area contributed by atoms with Crippen molar-refractivity contribution >= 4 is 32.8 Å². The minimum absolute atomic E-state index is 0.0932. The number of benzene rings is 1. The van der Waals surface area contributed by atoms with Gasteiger partial charge in [0, 0.05) is 11.0 Å². The number of nitrogens with zero attached hydrogens (tertiary/aromatic N) is 4. The molecule has 1 aliphatic carbocycles. The number of azide groups is 1. The Morgan fingerprint density at radius 2 is 2.36 bits per heavy atom. The van der Waals surface area contributed by atoms with Crippen LogP contribution in [0.25, 0.3) is 20.7 Å². The van der Waals surface area contributed by atoms with Crippen molar-refractivity contribution < 1.29 is 19.0 Å². The fourth-order valence-corrected chi connectivity index (χ4v) is 4.67. The predicted octanol–water partition coefficient (Wildman–Crippen LogP) is 3.64. The topological polar surface area (TPSA) is 130 Å². The number of amides is 1. The van der Waals surface area contributed by atoms with Crippen molar-refractivity contribution in [2.24, 2.45) is 11.0 Å². The number of carbonyl (C=O) groups excluding carboxylic acids is 1. The highest BCUT2D eigenvalue weighted by Gasteiger charge is 2.42. The van der Waals surface area contributed by atoms with E-state index in [0.717, 1.165) is 10.2 Å². The van der Waals surface area contributed by atoms with E-state index in [1.54, 1.807) is 6.92 Å². The Kier molecular flexibility index (Phi) is 5.01. The van der Waals surface area contributed by atoms with Crippen molar-refractivity contribution in [1.82, 2.24) is 10.3 Å². The zero-order chi connectivity index (χ0) is 19.7. The summed E-state index contributed by atoms with van der Waals surface area (Å²) < 4.78 is 16.9. The van der Waals surface area contributed by atoms with Gasteiger partial charge in [0.2, 0.25) is 6.79 Å². The van der Waals surface area contributed by atoms with Gasteiger partial charge in [0.15, 0.2) is 16.6 Å². The van der Waals surface area contributed by atoms with Gasteiger partial charge < -0.3 is 24.8 Å². The van der Waals surface area contributed by atoms with E-state index in [-0.39, 0.29) is 31.4 Å². The standard InChI is InChI=1S/C17H20N6O4S/c1-3-25-17(24)21-13-9(6-8(2)12(13)22-23-18)19-16-20-14-11(28-16)5-4-10-15(14)27-7-26-10/h4-5,8-9,12-13H,3,6-7H2,1-2H3,(H,19,20)(H,21,24)/t8-,9+,12+,13+/m0/s1. The fourth-order valence-electron chi connectivity index (χ4n) is 3.74. The van der Waals surface area contributed by atoms with Crippen molar-refractivity contribution in [3.8, 4) is 11.5 Å². The summed E-state index contributed by atoms with van der Waals surface area (Å²) in [5.74, 6) is 1.43. The fraction of sp³-hybridized carbons (Fsp3) is 0.529. The van der Waals surface area contributed by atoms with Crippen molar-refractivity contribution in [2.45, 2.75) is 38.4 Å². The van der Waals surface area contributed by atoms with Gasteiger partial charge in [0.05, 0.1) is 23.4 Å². The molecule has 148 valence electrons. The van der Waals surface area contributed by atoms with E-state index in [1.807, 2.05) is 19.1 Å². The second-order valence-electron chi connectivity index (χ2n) is 6.72. The SMILES string of the molecule is CCOC(=O)N[C@H]1[C@H](N=[N+]=[N-])[C@@H](C)C[C@H]1Nc1nc2c3c(ccc2s1)OCO3. The smallest absolute Gasteiger partial charge is 0.407 e. The van der Waals surface area contributed by atoms with E-state index in [1.165, 1.54) is 11.3 Å². The summed E-state index contributed by atoms with van der Waals surface area (Å²) in [5, 5.41) is 10.8. The summed E-state index contributed by atoms with van der Waals surface area (Å²) in [5.41, 5.74) is 9.66. The number of alkyl carbamates (subject to hydrolysis) is 1. The monoisotopic (exact) mass is 404 g/mol. The van der Waals surface area contributed by atoms with Crippen molar-refractivity contribution in [3.05, 3.63) is 22.6 Å². The van der Waals surface area contributed by atoms with E-state index in [0.29, 0.717) is 23.1 Å². The third-order valence-corrected chi connectivity index (χ3v) is 5.91. The molecule has 1 saturated carbocycles. The second kappa shape index (κ2) is 7.61. The molecule has 1 fully saturated rings. The minimum atomic E-state index is -0.529. The number of carbonyl (C=O) groups is 1. The van der Waals surface area contributed by atoms with Gasteiger partial charge in [-0.3, -0.25) is 0 Å². The number of fused-ring (bicyclic) bond motifs is 3. The predicted molar refractivity (Wildman–Crippen MR) is 104 cm³/mol. The third-order valence-electron chi connectivity index (χ3n) is 4.96. The largest absolute Gasteiger partial charge is 0.454 e. The molecule has 0 bridgehead atoms. The highest BCUT2D eigenvalue weighted by Crippen LogP contribution is 2.42. The molecule has 1 aliphatic heterocycles. The summed E-state index contributed by atoms with van der Waals surface area (Å²) in [6, 6.07) is 2.89. The van der Waals surface area contributed by atoms with E-state index in [9.17, 15) is 4.79 Å². The summed E-state index contributed by atoms with van der Waals surface area (Å²) in [6.07, 6.45) is 0.188. The molecule has 0 saturated heterocycles. The van der Waals surface area contributed by atoms with Crippen molar-refractivity contribution in [3.63, 3.8) is 0 Å². The Balaban J connectivity index is 1.59. The normalized spacial score (nSPS) is 25.4. The van der Waals surface area contributed by atoms with Crippen LogP contribution >= 0.6 is 11.3 Å². The first-order valence-electron chi connectivity index (χ1n) is 9.04. The Morgan fingerprint density at radius 1 is 1.50 bits per heavy atom. The maximum absolute atomic E-state index is 12.0. The van der Waals surface area contributed by atoms with Gasteiger partial charge in [-0.2, -0.15) is 0 Å². The number of aromatic nitrogens is 1. The molecular weight excluding hydrogens is 384 g/mol. The molecule has 28 heavy (non-hydrogen) atoms. The van der Waals surface area contributed by atoms with E-state index < -0.39 is 12.1 Å². The van der Waals surface area contributed by atoms with Crippen LogP contribution in [0.15, 0.2) is 17.2 Å². The zero-order valence-electron chi connectivity index (χ0n) is 15.4. The molecule has 0 radical (unpaired) electrons. The summed E-state index contributed by atoms with van der Waals surface area (Å²) >= 11 is 1.49. The Morgan fingerprint density at radius 3 is 3.14 bits per heavy atom. The lowest BCUT2D eigenvalue weighted by Crippen LogP contribution is -2.48. The third kappa shape index (κ3) is 3.34. The average molecular weight is 404 g/mol. The quantitative estimate of drug-likeness (QED) is 0.444. The molecule has 2 heterocycles. The van der Waals surface area contributed by atoms with Gasteiger partial charge >= 0.3 is 6.09 Å². The summed E-state index contributed by atoms with van der Waals surface area (Å²) in [7, 11) is 0. The lowest BCUT2D eigenvalue weighted by atomic mass is 10.1. The molecule has 0 spiro atoms. The van der Waals surface area contributed by atoms with Crippen LogP contribution in [0.4, 0.5) is 9.93 Å². The van der Waals surface area contributed by atoms with E-state index in [4.69, 9.17) is 19.7 Å². The first kappa shape index (κ1) is 18.5. The number of nitrogens with one attached hydrogen (secondary N) is 2. The molecule has 2 N–H and O–H groups in total. The van der Waals surface area contributed by atoms with E-state index >= 15 is 0 Å². The second-order valence-corrected chi connectivity index (χ2v) is 7.75. The molecule has 4 rings (SSSR count). The van der Waals surface area contributed by atoms with Gasteiger partial charge in [-0.15, -0.1) is 0 Å². The lowest BCUT2D eigenvalue weighted by Gasteiger charge is -2.24.